The molecule has 1 heterocycles. The summed E-state index contributed by atoms with van der Waals surface area (Å²) in [5.41, 5.74) is 0.440. The van der Waals surface area contributed by atoms with E-state index in [2.05, 4.69) is 5.16 Å². The predicted molar refractivity (Wildman–Crippen MR) is 64.8 cm³/mol. The molecular formula is C13H20N2O2. The summed E-state index contributed by atoms with van der Waals surface area (Å²) in [4.78, 5) is 14.2. The monoisotopic (exact) mass is 236 g/mol. The number of aromatic nitrogens is 1. The van der Waals surface area contributed by atoms with Gasteiger partial charge in [0.05, 0.1) is 0 Å². The van der Waals surface area contributed by atoms with Crippen molar-refractivity contribution >= 4 is 5.91 Å². The molecule has 0 saturated heterocycles. The smallest absolute Gasteiger partial charge is 0.276 e. The van der Waals surface area contributed by atoms with E-state index in [1.165, 1.54) is 19.3 Å². The molecule has 1 fully saturated rings. The molecular weight excluding hydrogens is 216 g/mol. The SMILES string of the molecule is CCN(C(=O)c1cc(C)on1)C1CCCCC1. The van der Waals surface area contributed by atoms with E-state index in [4.69, 9.17) is 4.52 Å². The van der Waals surface area contributed by atoms with Crippen molar-refractivity contribution in [3.8, 4) is 0 Å². The van der Waals surface area contributed by atoms with Gasteiger partial charge in [0.25, 0.3) is 5.91 Å². The summed E-state index contributed by atoms with van der Waals surface area (Å²) in [6, 6.07) is 2.10. The lowest BCUT2D eigenvalue weighted by Crippen LogP contribution is -2.41. The molecule has 0 N–H and O–H groups in total. The summed E-state index contributed by atoms with van der Waals surface area (Å²) < 4.78 is 4.97. The van der Waals surface area contributed by atoms with Crippen molar-refractivity contribution in [2.24, 2.45) is 0 Å². The zero-order chi connectivity index (χ0) is 12.3. The van der Waals surface area contributed by atoms with Crippen LogP contribution in [-0.4, -0.2) is 28.6 Å². The molecule has 4 heteroatoms. The molecule has 1 aromatic rings. The van der Waals surface area contributed by atoms with Crippen LogP contribution in [0.3, 0.4) is 0 Å². The van der Waals surface area contributed by atoms with Gasteiger partial charge < -0.3 is 9.42 Å². The van der Waals surface area contributed by atoms with Crippen LogP contribution in [0.5, 0.6) is 0 Å². The fraction of sp³-hybridized carbons (Fsp3) is 0.692. The van der Waals surface area contributed by atoms with E-state index in [1.54, 1.807) is 13.0 Å². The van der Waals surface area contributed by atoms with Crippen LogP contribution in [0, 0.1) is 6.92 Å². The highest BCUT2D eigenvalue weighted by molar-refractivity contribution is 5.92. The van der Waals surface area contributed by atoms with E-state index in [9.17, 15) is 4.79 Å². The van der Waals surface area contributed by atoms with Crippen LogP contribution in [0.2, 0.25) is 0 Å². The normalized spacial score (nSPS) is 17.1. The summed E-state index contributed by atoms with van der Waals surface area (Å²) in [5, 5.41) is 3.81. The van der Waals surface area contributed by atoms with Crippen molar-refractivity contribution in [2.45, 2.75) is 52.0 Å². The molecule has 4 nitrogen and oxygen atoms in total. The second-order valence-corrected chi connectivity index (χ2v) is 4.71. The first-order chi connectivity index (χ1) is 8.22. The Hall–Kier alpha value is -1.32. The van der Waals surface area contributed by atoms with E-state index in [-0.39, 0.29) is 5.91 Å². The van der Waals surface area contributed by atoms with Crippen molar-refractivity contribution < 1.29 is 9.32 Å². The third-order valence-electron chi connectivity index (χ3n) is 3.46. The van der Waals surface area contributed by atoms with Gasteiger partial charge in [-0.2, -0.15) is 0 Å². The summed E-state index contributed by atoms with van der Waals surface area (Å²) in [6.07, 6.45) is 6.00. The zero-order valence-electron chi connectivity index (χ0n) is 10.6. The number of aryl methyl sites for hydroxylation is 1. The third kappa shape index (κ3) is 2.68. The molecule has 1 aliphatic carbocycles. The van der Waals surface area contributed by atoms with Crippen molar-refractivity contribution in [1.82, 2.24) is 10.1 Å². The van der Waals surface area contributed by atoms with Crippen molar-refractivity contribution in [2.75, 3.05) is 6.54 Å². The van der Waals surface area contributed by atoms with Gasteiger partial charge in [0.1, 0.15) is 5.76 Å². The quantitative estimate of drug-likeness (QED) is 0.810. The lowest BCUT2D eigenvalue weighted by Gasteiger charge is -2.33. The third-order valence-corrected chi connectivity index (χ3v) is 3.46. The zero-order valence-corrected chi connectivity index (χ0v) is 10.6. The van der Waals surface area contributed by atoms with Gasteiger partial charge in [-0.1, -0.05) is 24.4 Å². The maximum Gasteiger partial charge on any atom is 0.276 e. The van der Waals surface area contributed by atoms with Gasteiger partial charge in [0.2, 0.25) is 0 Å². The Morgan fingerprint density at radius 1 is 1.47 bits per heavy atom. The topological polar surface area (TPSA) is 46.3 Å². The highest BCUT2D eigenvalue weighted by Crippen LogP contribution is 2.23. The maximum atomic E-state index is 12.3. The number of hydrogen-bond acceptors (Lipinski definition) is 3. The number of hydrogen-bond donors (Lipinski definition) is 0. The molecule has 1 amide bonds. The van der Waals surface area contributed by atoms with E-state index in [0.29, 0.717) is 17.5 Å². The molecule has 1 aliphatic rings. The van der Waals surface area contributed by atoms with Gasteiger partial charge in [0.15, 0.2) is 5.69 Å². The van der Waals surface area contributed by atoms with Gasteiger partial charge >= 0.3 is 0 Å². The molecule has 1 aromatic heterocycles. The van der Waals surface area contributed by atoms with Crippen LogP contribution in [0.25, 0.3) is 0 Å². The average molecular weight is 236 g/mol. The molecule has 0 bridgehead atoms. The van der Waals surface area contributed by atoms with Crippen molar-refractivity contribution in [1.29, 1.82) is 0 Å². The second kappa shape index (κ2) is 5.34. The van der Waals surface area contributed by atoms with Gasteiger partial charge in [-0.05, 0) is 26.7 Å². The first kappa shape index (κ1) is 12.1. The number of rotatable bonds is 3. The Morgan fingerprint density at radius 2 is 2.18 bits per heavy atom. The first-order valence-corrected chi connectivity index (χ1v) is 6.46. The van der Waals surface area contributed by atoms with Gasteiger partial charge in [-0.3, -0.25) is 4.79 Å². The van der Waals surface area contributed by atoms with Crippen LogP contribution in [-0.2, 0) is 0 Å². The number of amides is 1. The minimum Gasteiger partial charge on any atom is -0.361 e. The van der Waals surface area contributed by atoms with Crippen LogP contribution in [0.15, 0.2) is 10.6 Å². The molecule has 0 unspecified atom stereocenters. The molecule has 0 aromatic carbocycles. The summed E-state index contributed by atoms with van der Waals surface area (Å²) in [5.74, 6) is 0.698. The minimum atomic E-state index is 0.0104. The van der Waals surface area contributed by atoms with E-state index in [0.717, 1.165) is 19.4 Å². The van der Waals surface area contributed by atoms with E-state index in [1.807, 2.05) is 11.8 Å². The van der Waals surface area contributed by atoms with Crippen LogP contribution in [0.1, 0.15) is 55.3 Å². The average Bonchev–Trinajstić information content (AvgIpc) is 2.78. The molecule has 1 saturated carbocycles. The lowest BCUT2D eigenvalue weighted by molar-refractivity contribution is 0.0637. The first-order valence-electron chi connectivity index (χ1n) is 6.46. The molecule has 2 rings (SSSR count). The number of carbonyl (C=O) groups is 1. The molecule has 94 valence electrons. The molecule has 0 spiro atoms. The largest absolute Gasteiger partial charge is 0.361 e. The maximum absolute atomic E-state index is 12.3. The van der Waals surface area contributed by atoms with Crippen molar-refractivity contribution in [3.63, 3.8) is 0 Å². The summed E-state index contributed by atoms with van der Waals surface area (Å²) >= 11 is 0. The summed E-state index contributed by atoms with van der Waals surface area (Å²) in [7, 11) is 0. The van der Waals surface area contributed by atoms with Gasteiger partial charge in [-0.25, -0.2) is 0 Å². The second-order valence-electron chi connectivity index (χ2n) is 4.71. The Balaban J connectivity index is 2.09. The lowest BCUT2D eigenvalue weighted by atomic mass is 9.94. The molecule has 17 heavy (non-hydrogen) atoms. The van der Waals surface area contributed by atoms with Gasteiger partial charge in [-0.15, -0.1) is 0 Å². The van der Waals surface area contributed by atoms with Gasteiger partial charge in [0, 0.05) is 18.7 Å². The Bertz CT molecular complexity index is 381. The molecule has 0 radical (unpaired) electrons. The Labute approximate surface area is 102 Å². The summed E-state index contributed by atoms with van der Waals surface area (Å²) in [6.45, 7) is 4.58. The standard InChI is InChI=1S/C13H20N2O2/c1-3-15(11-7-5-4-6-8-11)13(16)12-9-10(2)17-14-12/h9,11H,3-8H2,1-2H3. The van der Waals surface area contributed by atoms with E-state index < -0.39 is 0 Å². The van der Waals surface area contributed by atoms with Crippen molar-refractivity contribution in [3.05, 3.63) is 17.5 Å². The highest BCUT2D eigenvalue weighted by Gasteiger charge is 2.26. The highest BCUT2D eigenvalue weighted by atomic mass is 16.5. The van der Waals surface area contributed by atoms with Crippen LogP contribution >= 0.6 is 0 Å². The fourth-order valence-electron chi connectivity index (χ4n) is 2.57. The molecule has 0 aliphatic heterocycles. The fourth-order valence-corrected chi connectivity index (χ4v) is 2.57. The minimum absolute atomic E-state index is 0.0104. The van der Waals surface area contributed by atoms with E-state index >= 15 is 0 Å². The van der Waals surface area contributed by atoms with Crippen LogP contribution < -0.4 is 0 Å². The predicted octanol–water partition coefficient (Wildman–Crippen LogP) is 2.78. The Morgan fingerprint density at radius 3 is 2.71 bits per heavy atom. The number of nitrogens with zero attached hydrogens (tertiary/aromatic N) is 2. The van der Waals surface area contributed by atoms with Crippen LogP contribution in [0.4, 0.5) is 0 Å². The Kier molecular flexibility index (Phi) is 3.82. The number of carbonyl (C=O) groups excluding carboxylic acids is 1. The molecule has 0 atom stereocenters.